The highest BCUT2D eigenvalue weighted by atomic mass is 32.2. The third-order valence-electron chi connectivity index (χ3n) is 2.98. The minimum absolute atomic E-state index is 0.0891. The summed E-state index contributed by atoms with van der Waals surface area (Å²) in [7, 11) is 0. The molecule has 1 aromatic rings. The zero-order valence-electron chi connectivity index (χ0n) is 8.98. The Balaban J connectivity index is 2.24. The van der Waals surface area contributed by atoms with Crippen LogP contribution in [0.3, 0.4) is 0 Å². The van der Waals surface area contributed by atoms with Gasteiger partial charge in [0.15, 0.2) is 0 Å². The Bertz CT molecular complexity index is 382. The lowest BCUT2D eigenvalue weighted by Crippen LogP contribution is -2.27. The molecule has 0 aliphatic heterocycles. The van der Waals surface area contributed by atoms with Crippen LogP contribution >= 0.6 is 11.8 Å². The molecule has 3 nitrogen and oxygen atoms in total. The summed E-state index contributed by atoms with van der Waals surface area (Å²) in [5.41, 5.74) is -0.0891. The molecule has 0 amide bonds. The van der Waals surface area contributed by atoms with E-state index in [-0.39, 0.29) is 5.69 Å². The van der Waals surface area contributed by atoms with Gasteiger partial charge < -0.3 is 0 Å². The number of aromatic nitrogens is 2. The van der Waals surface area contributed by atoms with Gasteiger partial charge in [-0.1, -0.05) is 19.3 Å². The summed E-state index contributed by atoms with van der Waals surface area (Å²) in [6, 6.07) is 2.32. The van der Waals surface area contributed by atoms with Crippen molar-refractivity contribution in [3.63, 3.8) is 0 Å². The largest absolute Gasteiger partial charge is 0.348 e. The second-order valence-electron chi connectivity index (χ2n) is 3.95. The smallest absolute Gasteiger partial charge is 0.296 e. The molecule has 1 aromatic heterocycles. The van der Waals surface area contributed by atoms with E-state index in [1.165, 1.54) is 31.0 Å². The Morgan fingerprint density at radius 2 is 2.13 bits per heavy atom. The lowest BCUT2D eigenvalue weighted by molar-refractivity contribution is 0.341. The van der Waals surface area contributed by atoms with Crippen LogP contribution in [0, 0.1) is 0 Å². The Labute approximate surface area is 93.9 Å². The quantitative estimate of drug-likeness (QED) is 0.572. The predicted octanol–water partition coefficient (Wildman–Crippen LogP) is 2.47. The first-order valence-corrected chi connectivity index (χ1v) is 6.67. The molecule has 0 unspecified atom stereocenters. The van der Waals surface area contributed by atoms with Gasteiger partial charge in [0.1, 0.15) is 5.03 Å². The van der Waals surface area contributed by atoms with Gasteiger partial charge in [0.25, 0.3) is 0 Å². The van der Waals surface area contributed by atoms with Gasteiger partial charge in [0.05, 0.1) is 0 Å². The van der Waals surface area contributed by atoms with Crippen LogP contribution in [-0.4, -0.2) is 15.8 Å². The first kappa shape index (κ1) is 10.7. The molecule has 0 bridgehead atoms. The van der Waals surface area contributed by atoms with Gasteiger partial charge in [-0.05, 0) is 25.2 Å². The van der Waals surface area contributed by atoms with Crippen LogP contribution in [-0.2, 0) is 0 Å². The molecule has 4 heteroatoms. The summed E-state index contributed by atoms with van der Waals surface area (Å²) in [5.74, 6) is 0. The fourth-order valence-electron chi connectivity index (χ4n) is 2.15. The lowest BCUT2D eigenvalue weighted by Gasteiger charge is -2.23. The standard InChI is InChI=1S/C11H16N2OS/c1-15-10-7-8-13(11(14)12-10)9-5-3-2-4-6-9/h7-9H,2-6H2,1H3. The van der Waals surface area contributed by atoms with E-state index in [4.69, 9.17) is 0 Å². The zero-order valence-corrected chi connectivity index (χ0v) is 9.80. The minimum Gasteiger partial charge on any atom is -0.296 e. The van der Waals surface area contributed by atoms with Crippen molar-refractivity contribution >= 4 is 11.8 Å². The topological polar surface area (TPSA) is 34.9 Å². The number of thioether (sulfide) groups is 1. The van der Waals surface area contributed by atoms with Crippen LogP contribution in [0.15, 0.2) is 22.1 Å². The maximum Gasteiger partial charge on any atom is 0.348 e. The van der Waals surface area contributed by atoms with E-state index in [9.17, 15) is 4.79 Å². The molecule has 0 N–H and O–H groups in total. The van der Waals surface area contributed by atoms with E-state index in [1.807, 2.05) is 18.5 Å². The minimum atomic E-state index is -0.0891. The van der Waals surface area contributed by atoms with Gasteiger partial charge in [0, 0.05) is 12.2 Å². The van der Waals surface area contributed by atoms with E-state index < -0.39 is 0 Å². The average molecular weight is 224 g/mol. The normalized spacial score (nSPS) is 17.9. The van der Waals surface area contributed by atoms with Crippen molar-refractivity contribution in [1.82, 2.24) is 9.55 Å². The molecule has 82 valence electrons. The summed E-state index contributed by atoms with van der Waals surface area (Å²) in [6.45, 7) is 0. The molecule has 0 saturated heterocycles. The first-order valence-electron chi connectivity index (χ1n) is 5.44. The molecule has 1 aliphatic carbocycles. The number of hydrogen-bond donors (Lipinski definition) is 0. The first-order chi connectivity index (χ1) is 7.31. The molecule has 1 saturated carbocycles. The monoisotopic (exact) mass is 224 g/mol. The third kappa shape index (κ3) is 2.43. The molecular formula is C11H16N2OS. The molecule has 0 radical (unpaired) electrons. The Kier molecular flexibility index (Phi) is 3.46. The van der Waals surface area contributed by atoms with Gasteiger partial charge in [-0.15, -0.1) is 11.8 Å². The maximum atomic E-state index is 11.7. The molecule has 1 fully saturated rings. The van der Waals surface area contributed by atoms with E-state index in [0.717, 1.165) is 17.9 Å². The van der Waals surface area contributed by atoms with Crippen LogP contribution < -0.4 is 5.69 Å². The fraction of sp³-hybridized carbons (Fsp3) is 0.636. The van der Waals surface area contributed by atoms with E-state index in [2.05, 4.69) is 4.98 Å². The van der Waals surface area contributed by atoms with Gasteiger partial charge in [-0.25, -0.2) is 4.79 Å². The number of hydrogen-bond acceptors (Lipinski definition) is 3. The van der Waals surface area contributed by atoms with Crippen molar-refractivity contribution < 1.29 is 0 Å². The molecule has 0 spiro atoms. The van der Waals surface area contributed by atoms with E-state index >= 15 is 0 Å². The van der Waals surface area contributed by atoms with Crippen molar-refractivity contribution in [3.05, 3.63) is 22.7 Å². The van der Waals surface area contributed by atoms with Gasteiger partial charge in [0.2, 0.25) is 0 Å². The Hall–Kier alpha value is -0.770. The summed E-state index contributed by atoms with van der Waals surface area (Å²) in [5, 5.41) is 0.812. The highest BCUT2D eigenvalue weighted by Crippen LogP contribution is 2.26. The third-order valence-corrected chi connectivity index (χ3v) is 3.63. The second-order valence-corrected chi connectivity index (χ2v) is 4.78. The SMILES string of the molecule is CSc1ccn(C2CCCCC2)c(=O)n1. The maximum absolute atomic E-state index is 11.7. The lowest BCUT2D eigenvalue weighted by atomic mass is 9.95. The summed E-state index contributed by atoms with van der Waals surface area (Å²) < 4.78 is 1.80. The molecule has 15 heavy (non-hydrogen) atoms. The van der Waals surface area contributed by atoms with E-state index in [1.54, 1.807) is 4.57 Å². The average Bonchev–Trinajstić information content (AvgIpc) is 2.30. The predicted molar refractivity (Wildman–Crippen MR) is 62.4 cm³/mol. The van der Waals surface area contributed by atoms with Crippen LogP contribution in [0.2, 0.25) is 0 Å². The highest BCUT2D eigenvalue weighted by Gasteiger charge is 2.16. The van der Waals surface area contributed by atoms with Crippen LogP contribution in [0.1, 0.15) is 38.1 Å². The van der Waals surface area contributed by atoms with Crippen LogP contribution in [0.4, 0.5) is 0 Å². The summed E-state index contributed by atoms with van der Waals surface area (Å²) in [6.07, 6.45) is 9.87. The highest BCUT2D eigenvalue weighted by molar-refractivity contribution is 7.98. The molecule has 0 atom stereocenters. The van der Waals surface area contributed by atoms with Gasteiger partial charge in [-0.3, -0.25) is 4.57 Å². The Morgan fingerprint density at radius 3 is 2.73 bits per heavy atom. The molecule has 0 aromatic carbocycles. The molecule has 1 heterocycles. The Morgan fingerprint density at radius 1 is 1.40 bits per heavy atom. The summed E-state index contributed by atoms with van der Waals surface area (Å²) >= 11 is 1.51. The zero-order chi connectivity index (χ0) is 10.7. The van der Waals surface area contributed by atoms with Crippen molar-refractivity contribution in [2.24, 2.45) is 0 Å². The van der Waals surface area contributed by atoms with Crippen molar-refractivity contribution in [1.29, 1.82) is 0 Å². The molecule has 2 rings (SSSR count). The molecule has 1 aliphatic rings. The van der Waals surface area contributed by atoms with Gasteiger partial charge in [-0.2, -0.15) is 4.98 Å². The number of nitrogens with zero attached hydrogens (tertiary/aromatic N) is 2. The van der Waals surface area contributed by atoms with Crippen molar-refractivity contribution in [2.75, 3.05) is 6.26 Å². The second kappa shape index (κ2) is 4.84. The summed E-state index contributed by atoms with van der Waals surface area (Å²) in [4.78, 5) is 15.8. The van der Waals surface area contributed by atoms with Crippen LogP contribution in [0.5, 0.6) is 0 Å². The van der Waals surface area contributed by atoms with Gasteiger partial charge >= 0.3 is 5.69 Å². The van der Waals surface area contributed by atoms with Crippen molar-refractivity contribution in [3.8, 4) is 0 Å². The molecular weight excluding hydrogens is 208 g/mol. The van der Waals surface area contributed by atoms with Crippen LogP contribution in [0.25, 0.3) is 0 Å². The van der Waals surface area contributed by atoms with E-state index in [0.29, 0.717) is 6.04 Å². The fourth-order valence-corrected chi connectivity index (χ4v) is 2.51. The van der Waals surface area contributed by atoms with Crippen molar-refractivity contribution in [2.45, 2.75) is 43.2 Å². The number of rotatable bonds is 2.